The van der Waals surface area contributed by atoms with Crippen molar-refractivity contribution < 1.29 is 13.2 Å². The molecule has 0 radical (unpaired) electrons. The van der Waals surface area contributed by atoms with Gasteiger partial charge in [0.1, 0.15) is 10.7 Å². The standard InChI is InChI=1S/C13H16F3N3S/c1-5-20-11-7-9(13(14,15)16)17-10-6-8(12(2,3)4)18-19(10)11/h6-7H,5H2,1-4H3. The van der Waals surface area contributed by atoms with Crippen LogP contribution in [0.25, 0.3) is 5.65 Å². The Bertz CT molecular complexity index is 626. The van der Waals surface area contributed by atoms with Gasteiger partial charge in [-0.2, -0.15) is 18.3 Å². The number of hydrogen-bond acceptors (Lipinski definition) is 3. The minimum absolute atomic E-state index is 0.236. The summed E-state index contributed by atoms with van der Waals surface area (Å²) in [6.07, 6.45) is -4.45. The van der Waals surface area contributed by atoms with Gasteiger partial charge in [0.05, 0.1) is 5.69 Å². The zero-order chi connectivity index (χ0) is 15.1. The molecule has 0 unspecified atom stereocenters. The van der Waals surface area contributed by atoms with Gasteiger partial charge in [0.25, 0.3) is 0 Å². The molecule has 0 amide bonds. The van der Waals surface area contributed by atoms with Gasteiger partial charge in [-0.1, -0.05) is 27.7 Å². The maximum atomic E-state index is 12.9. The summed E-state index contributed by atoms with van der Waals surface area (Å²) in [4.78, 5) is 3.69. The van der Waals surface area contributed by atoms with Crippen LogP contribution in [0.3, 0.4) is 0 Å². The molecule has 110 valence electrons. The number of thioether (sulfide) groups is 1. The number of alkyl halides is 3. The Kier molecular flexibility index (Phi) is 3.75. The average Bonchev–Trinajstić information content (AvgIpc) is 2.71. The molecule has 0 aliphatic carbocycles. The zero-order valence-corrected chi connectivity index (χ0v) is 12.6. The van der Waals surface area contributed by atoms with Crippen molar-refractivity contribution in [2.24, 2.45) is 0 Å². The third-order valence-corrected chi connectivity index (χ3v) is 3.62. The van der Waals surface area contributed by atoms with E-state index in [0.717, 1.165) is 11.8 Å². The van der Waals surface area contributed by atoms with E-state index in [4.69, 9.17) is 0 Å². The molecule has 2 rings (SSSR count). The van der Waals surface area contributed by atoms with E-state index in [1.165, 1.54) is 16.3 Å². The SMILES string of the molecule is CCSc1cc(C(F)(F)F)nc2cc(C(C)(C)C)nn12. The van der Waals surface area contributed by atoms with Gasteiger partial charge < -0.3 is 0 Å². The lowest BCUT2D eigenvalue weighted by Crippen LogP contribution is -2.12. The highest BCUT2D eigenvalue weighted by molar-refractivity contribution is 7.99. The molecule has 0 atom stereocenters. The Labute approximate surface area is 119 Å². The van der Waals surface area contributed by atoms with Crippen LogP contribution in [0.5, 0.6) is 0 Å². The molecule has 20 heavy (non-hydrogen) atoms. The lowest BCUT2D eigenvalue weighted by molar-refractivity contribution is -0.141. The van der Waals surface area contributed by atoms with Crippen LogP contribution >= 0.6 is 11.8 Å². The Balaban J connectivity index is 2.68. The Morgan fingerprint density at radius 2 is 1.80 bits per heavy atom. The monoisotopic (exact) mass is 303 g/mol. The van der Waals surface area contributed by atoms with Gasteiger partial charge in [0, 0.05) is 17.5 Å². The first-order valence-corrected chi connectivity index (χ1v) is 7.23. The van der Waals surface area contributed by atoms with Crippen LogP contribution in [0.15, 0.2) is 17.2 Å². The van der Waals surface area contributed by atoms with Crippen molar-refractivity contribution >= 4 is 17.4 Å². The predicted molar refractivity (Wildman–Crippen MR) is 73.1 cm³/mol. The molecule has 0 aromatic carbocycles. The lowest BCUT2D eigenvalue weighted by Gasteiger charge is -2.13. The fourth-order valence-electron chi connectivity index (χ4n) is 1.71. The number of halogens is 3. The fraction of sp³-hybridized carbons (Fsp3) is 0.538. The molecule has 0 bridgehead atoms. The Hall–Kier alpha value is -1.24. The molecule has 0 saturated heterocycles. The molecular weight excluding hydrogens is 287 g/mol. The highest BCUT2D eigenvalue weighted by Gasteiger charge is 2.34. The molecule has 0 aliphatic heterocycles. The third-order valence-electron chi connectivity index (χ3n) is 2.75. The topological polar surface area (TPSA) is 30.2 Å². The Morgan fingerprint density at radius 3 is 2.30 bits per heavy atom. The maximum Gasteiger partial charge on any atom is 0.433 e. The van der Waals surface area contributed by atoms with Crippen molar-refractivity contribution in [1.82, 2.24) is 14.6 Å². The van der Waals surface area contributed by atoms with Crippen molar-refractivity contribution in [2.75, 3.05) is 5.75 Å². The molecule has 0 saturated carbocycles. The van der Waals surface area contributed by atoms with Crippen LogP contribution in [0.4, 0.5) is 13.2 Å². The van der Waals surface area contributed by atoms with E-state index in [-0.39, 0.29) is 11.1 Å². The van der Waals surface area contributed by atoms with Crippen molar-refractivity contribution in [3.63, 3.8) is 0 Å². The van der Waals surface area contributed by atoms with Gasteiger partial charge in [-0.3, -0.25) is 0 Å². The van der Waals surface area contributed by atoms with E-state index in [9.17, 15) is 13.2 Å². The molecule has 2 aromatic rings. The molecule has 0 N–H and O–H groups in total. The van der Waals surface area contributed by atoms with Crippen LogP contribution < -0.4 is 0 Å². The summed E-state index contributed by atoms with van der Waals surface area (Å²) in [5.74, 6) is 0.668. The summed E-state index contributed by atoms with van der Waals surface area (Å²) in [6, 6.07) is 2.68. The van der Waals surface area contributed by atoms with Crippen LogP contribution in [-0.4, -0.2) is 20.4 Å². The predicted octanol–water partition coefficient (Wildman–Crippen LogP) is 4.16. The van der Waals surface area contributed by atoms with Gasteiger partial charge >= 0.3 is 6.18 Å². The molecule has 3 nitrogen and oxygen atoms in total. The third kappa shape index (κ3) is 2.92. The lowest BCUT2D eigenvalue weighted by atomic mass is 9.93. The molecule has 7 heteroatoms. The van der Waals surface area contributed by atoms with Crippen molar-refractivity contribution in [1.29, 1.82) is 0 Å². The molecule has 0 fully saturated rings. The Morgan fingerprint density at radius 1 is 1.15 bits per heavy atom. The number of nitrogens with zero attached hydrogens (tertiary/aromatic N) is 3. The van der Waals surface area contributed by atoms with Gasteiger partial charge in [0.2, 0.25) is 0 Å². The average molecular weight is 303 g/mol. The highest BCUT2D eigenvalue weighted by Crippen LogP contribution is 2.32. The minimum Gasteiger partial charge on any atom is -0.224 e. The number of rotatable bonds is 2. The highest BCUT2D eigenvalue weighted by atomic mass is 32.2. The van der Waals surface area contributed by atoms with Crippen molar-refractivity contribution in [2.45, 2.75) is 44.3 Å². The summed E-state index contributed by atoms with van der Waals surface area (Å²) in [7, 11) is 0. The van der Waals surface area contributed by atoms with Gasteiger partial charge in [-0.05, 0) is 5.75 Å². The number of aromatic nitrogens is 3. The van der Waals surface area contributed by atoms with E-state index < -0.39 is 11.9 Å². The van der Waals surface area contributed by atoms with Crippen LogP contribution in [-0.2, 0) is 11.6 Å². The first-order valence-electron chi connectivity index (χ1n) is 6.24. The van der Waals surface area contributed by atoms with Crippen molar-refractivity contribution in [3.8, 4) is 0 Å². The van der Waals surface area contributed by atoms with E-state index in [1.807, 2.05) is 27.7 Å². The number of fused-ring (bicyclic) bond motifs is 1. The molecule has 2 heterocycles. The van der Waals surface area contributed by atoms with E-state index in [0.29, 0.717) is 10.8 Å². The van der Waals surface area contributed by atoms with Crippen LogP contribution in [0.1, 0.15) is 39.1 Å². The van der Waals surface area contributed by atoms with Crippen LogP contribution in [0, 0.1) is 0 Å². The summed E-state index contributed by atoms with van der Waals surface area (Å²) >= 11 is 1.32. The first-order chi connectivity index (χ1) is 9.13. The van der Waals surface area contributed by atoms with E-state index in [1.54, 1.807) is 6.07 Å². The van der Waals surface area contributed by atoms with E-state index >= 15 is 0 Å². The molecule has 0 aliphatic rings. The van der Waals surface area contributed by atoms with E-state index in [2.05, 4.69) is 10.1 Å². The fourth-order valence-corrected chi connectivity index (χ4v) is 2.46. The first kappa shape index (κ1) is 15.2. The summed E-state index contributed by atoms with van der Waals surface area (Å²) < 4.78 is 40.1. The zero-order valence-electron chi connectivity index (χ0n) is 11.7. The summed E-state index contributed by atoms with van der Waals surface area (Å²) in [6.45, 7) is 7.78. The summed E-state index contributed by atoms with van der Waals surface area (Å²) in [5, 5.41) is 4.85. The summed E-state index contributed by atoms with van der Waals surface area (Å²) in [5.41, 5.74) is -0.149. The smallest absolute Gasteiger partial charge is 0.224 e. The maximum absolute atomic E-state index is 12.9. The van der Waals surface area contributed by atoms with Gasteiger partial charge in [-0.15, -0.1) is 11.8 Å². The molecule has 0 spiro atoms. The van der Waals surface area contributed by atoms with Crippen LogP contribution in [0.2, 0.25) is 0 Å². The minimum atomic E-state index is -4.45. The normalized spacial score (nSPS) is 13.2. The van der Waals surface area contributed by atoms with Gasteiger partial charge in [-0.25, -0.2) is 9.50 Å². The van der Waals surface area contributed by atoms with Crippen molar-refractivity contribution in [3.05, 3.63) is 23.5 Å². The molecular formula is C13H16F3N3S. The quantitative estimate of drug-likeness (QED) is 0.616. The molecule has 2 aromatic heterocycles. The second-order valence-corrected chi connectivity index (χ2v) is 6.74. The second kappa shape index (κ2) is 4.95. The largest absolute Gasteiger partial charge is 0.433 e. The second-order valence-electron chi connectivity index (χ2n) is 5.46. The number of hydrogen-bond donors (Lipinski definition) is 0. The van der Waals surface area contributed by atoms with Gasteiger partial charge in [0.15, 0.2) is 5.65 Å².